The van der Waals surface area contributed by atoms with Crippen LogP contribution in [0.4, 0.5) is 0 Å². The molecule has 2 rings (SSSR count). The molecule has 5 heteroatoms. The average Bonchev–Trinajstić information content (AvgIpc) is 2.99. The number of hydrogen-bond donors (Lipinski definition) is 1. The molecule has 2 aliphatic rings. The van der Waals surface area contributed by atoms with Gasteiger partial charge in [0.2, 0.25) is 0 Å². The van der Waals surface area contributed by atoms with Crippen LogP contribution < -0.4 is 0 Å². The van der Waals surface area contributed by atoms with Gasteiger partial charge >= 0.3 is 0 Å². The molecule has 0 aromatic carbocycles. The fraction of sp³-hybridized carbons (Fsp3) is 1.00. The van der Waals surface area contributed by atoms with Crippen molar-refractivity contribution in [3.63, 3.8) is 0 Å². The number of unbranched alkanes of at least 4 members (excludes halogenated alkanes) is 1. The molecule has 1 N–H and O–H groups in total. The summed E-state index contributed by atoms with van der Waals surface area (Å²) in [7, 11) is 2.00. The lowest BCUT2D eigenvalue weighted by atomic mass is 10.3. The number of rotatable bonds is 8. The van der Waals surface area contributed by atoms with Gasteiger partial charge in [-0.1, -0.05) is 5.04 Å². The van der Waals surface area contributed by atoms with E-state index in [1.54, 1.807) is 0 Å². The predicted octanol–water partition coefficient (Wildman–Crippen LogP) is 1.07. The van der Waals surface area contributed by atoms with Crippen LogP contribution in [-0.2, 0) is 14.8 Å². The van der Waals surface area contributed by atoms with Crippen LogP contribution in [0.3, 0.4) is 0 Å². The van der Waals surface area contributed by atoms with Gasteiger partial charge in [-0.05, 0) is 31.1 Å². The highest BCUT2D eigenvalue weighted by Gasteiger charge is 2.66. The first kappa shape index (κ1) is 10.3. The molecular formula is C9H17NO4. The molecule has 2 aliphatic carbocycles. The Morgan fingerprint density at radius 3 is 2.57 bits per heavy atom. The summed E-state index contributed by atoms with van der Waals surface area (Å²) in [4.78, 5) is 9.83. The van der Waals surface area contributed by atoms with Gasteiger partial charge in [0.1, 0.15) is 0 Å². The highest BCUT2D eigenvalue weighted by molar-refractivity contribution is 5.16. The molecule has 0 spiro atoms. The lowest BCUT2D eigenvalue weighted by molar-refractivity contribution is -0.490. The normalized spacial score (nSPS) is 33.2. The van der Waals surface area contributed by atoms with E-state index >= 15 is 0 Å². The summed E-state index contributed by atoms with van der Waals surface area (Å²) >= 11 is 0. The van der Waals surface area contributed by atoms with Crippen molar-refractivity contribution in [2.75, 3.05) is 20.3 Å². The summed E-state index contributed by atoms with van der Waals surface area (Å²) in [6.45, 7) is 1.11. The maximum atomic E-state index is 7.86. The summed E-state index contributed by atoms with van der Waals surface area (Å²) in [6, 6.07) is 0.701. The first-order valence-corrected chi connectivity index (χ1v) is 5.13. The zero-order valence-corrected chi connectivity index (χ0v) is 8.39. The summed E-state index contributed by atoms with van der Waals surface area (Å²) in [5.74, 6) is 1.87. The van der Waals surface area contributed by atoms with E-state index in [0.717, 1.165) is 24.7 Å². The Labute approximate surface area is 83.4 Å². The molecule has 0 saturated heterocycles. The van der Waals surface area contributed by atoms with Gasteiger partial charge in [-0.15, -0.1) is 0 Å². The summed E-state index contributed by atoms with van der Waals surface area (Å²) < 4.78 is 0. The number of hydroxylamine groups is 2. The standard InChI is InChI=1S/C9H17NO4/c1-10(9-7-6-8(7)9)12-4-2-3-5-13-14-11/h7-9,11H,2-6H2,1H3. The number of hydrogen-bond acceptors (Lipinski definition) is 5. The molecular weight excluding hydrogens is 186 g/mol. The Morgan fingerprint density at radius 1 is 1.29 bits per heavy atom. The van der Waals surface area contributed by atoms with Crippen molar-refractivity contribution in [1.82, 2.24) is 5.06 Å². The SMILES string of the molecule is CN(OCCCCOOO)C1C2CC21. The van der Waals surface area contributed by atoms with E-state index in [9.17, 15) is 0 Å². The third-order valence-corrected chi connectivity index (χ3v) is 3.02. The predicted molar refractivity (Wildman–Crippen MR) is 48.0 cm³/mol. The van der Waals surface area contributed by atoms with Crippen LogP contribution in [0.1, 0.15) is 19.3 Å². The molecule has 0 aliphatic heterocycles. The molecule has 2 unspecified atom stereocenters. The van der Waals surface area contributed by atoms with Crippen molar-refractivity contribution in [1.29, 1.82) is 0 Å². The number of fused-ring (bicyclic) bond motifs is 1. The highest BCUT2D eigenvalue weighted by Crippen LogP contribution is 2.64. The van der Waals surface area contributed by atoms with Gasteiger partial charge in [0, 0.05) is 13.1 Å². The van der Waals surface area contributed by atoms with Gasteiger partial charge in [0.15, 0.2) is 0 Å². The van der Waals surface area contributed by atoms with Crippen LogP contribution in [0, 0.1) is 11.8 Å². The third kappa shape index (κ3) is 2.43. The minimum atomic E-state index is 0.401. The third-order valence-electron chi connectivity index (χ3n) is 3.02. The van der Waals surface area contributed by atoms with Crippen LogP contribution in [0.2, 0.25) is 0 Å². The van der Waals surface area contributed by atoms with Gasteiger partial charge < -0.3 is 0 Å². The molecule has 5 nitrogen and oxygen atoms in total. The van der Waals surface area contributed by atoms with E-state index in [4.69, 9.17) is 10.1 Å². The Hall–Kier alpha value is -0.200. The van der Waals surface area contributed by atoms with Crippen LogP contribution in [0.25, 0.3) is 0 Å². The molecule has 2 atom stereocenters. The van der Waals surface area contributed by atoms with E-state index < -0.39 is 0 Å². The van der Waals surface area contributed by atoms with E-state index in [0.29, 0.717) is 19.3 Å². The minimum absolute atomic E-state index is 0.401. The molecule has 0 radical (unpaired) electrons. The first-order valence-electron chi connectivity index (χ1n) is 5.13. The smallest absolute Gasteiger partial charge is 0.0854 e. The van der Waals surface area contributed by atoms with Crippen molar-refractivity contribution < 1.29 is 20.0 Å². The van der Waals surface area contributed by atoms with E-state index in [-0.39, 0.29) is 0 Å². The lowest BCUT2D eigenvalue weighted by Gasteiger charge is -2.19. The van der Waals surface area contributed by atoms with Gasteiger partial charge in [-0.3, -0.25) is 4.84 Å². The fourth-order valence-corrected chi connectivity index (χ4v) is 1.88. The first-order chi connectivity index (χ1) is 6.84. The molecule has 2 fully saturated rings. The van der Waals surface area contributed by atoms with E-state index in [2.05, 4.69) is 9.93 Å². The zero-order chi connectivity index (χ0) is 9.97. The van der Waals surface area contributed by atoms with Gasteiger partial charge in [0.05, 0.1) is 13.2 Å². The van der Waals surface area contributed by atoms with Crippen molar-refractivity contribution in [3.05, 3.63) is 0 Å². The summed E-state index contributed by atoms with van der Waals surface area (Å²) in [6.07, 6.45) is 3.14. The monoisotopic (exact) mass is 203 g/mol. The number of nitrogens with zero attached hydrogens (tertiary/aromatic N) is 1. The van der Waals surface area contributed by atoms with Gasteiger partial charge in [-0.2, -0.15) is 5.06 Å². The van der Waals surface area contributed by atoms with Crippen molar-refractivity contribution in [2.45, 2.75) is 25.3 Å². The topological polar surface area (TPSA) is 51.2 Å². The molecule has 14 heavy (non-hydrogen) atoms. The van der Waals surface area contributed by atoms with Crippen molar-refractivity contribution in [3.8, 4) is 0 Å². The largest absolute Gasteiger partial charge is 0.299 e. The lowest BCUT2D eigenvalue weighted by Crippen LogP contribution is -2.26. The Kier molecular flexibility index (Phi) is 3.35. The Bertz CT molecular complexity index is 182. The molecule has 0 aromatic rings. The van der Waals surface area contributed by atoms with Crippen LogP contribution in [0.15, 0.2) is 0 Å². The molecule has 0 heterocycles. The summed E-state index contributed by atoms with van der Waals surface area (Å²) in [5, 5.41) is 13.3. The van der Waals surface area contributed by atoms with E-state index in [1.807, 2.05) is 12.1 Å². The second kappa shape index (κ2) is 4.55. The fourth-order valence-electron chi connectivity index (χ4n) is 1.88. The second-order valence-corrected chi connectivity index (χ2v) is 4.04. The Morgan fingerprint density at radius 2 is 2.00 bits per heavy atom. The molecule has 2 saturated carbocycles. The van der Waals surface area contributed by atoms with Crippen LogP contribution in [-0.4, -0.2) is 36.6 Å². The average molecular weight is 203 g/mol. The molecule has 0 amide bonds. The maximum Gasteiger partial charge on any atom is 0.0854 e. The molecule has 82 valence electrons. The van der Waals surface area contributed by atoms with Gasteiger partial charge in [0.25, 0.3) is 0 Å². The van der Waals surface area contributed by atoms with E-state index in [1.165, 1.54) is 6.42 Å². The van der Waals surface area contributed by atoms with Crippen LogP contribution >= 0.6 is 0 Å². The van der Waals surface area contributed by atoms with Crippen molar-refractivity contribution >= 4 is 0 Å². The quantitative estimate of drug-likeness (QED) is 0.363. The minimum Gasteiger partial charge on any atom is -0.299 e. The Balaban J connectivity index is 1.39. The maximum absolute atomic E-state index is 7.86. The summed E-state index contributed by atoms with van der Waals surface area (Å²) in [5.41, 5.74) is 0. The molecule has 0 bridgehead atoms. The van der Waals surface area contributed by atoms with Crippen LogP contribution in [0.5, 0.6) is 0 Å². The van der Waals surface area contributed by atoms with Crippen molar-refractivity contribution in [2.24, 2.45) is 11.8 Å². The zero-order valence-electron chi connectivity index (χ0n) is 8.39. The second-order valence-electron chi connectivity index (χ2n) is 4.04. The highest BCUT2D eigenvalue weighted by atomic mass is 17.5. The molecule has 0 aromatic heterocycles. The van der Waals surface area contributed by atoms with Gasteiger partial charge in [-0.25, -0.2) is 10.1 Å².